The van der Waals surface area contributed by atoms with E-state index in [0.29, 0.717) is 0 Å². The maximum atomic E-state index is 13.7. The van der Waals surface area contributed by atoms with Crippen molar-refractivity contribution in [3.63, 3.8) is 0 Å². The minimum absolute atomic E-state index is 0.206. The molecule has 0 aliphatic heterocycles. The van der Waals surface area contributed by atoms with Crippen LogP contribution in [0.25, 0.3) is 0 Å². The van der Waals surface area contributed by atoms with Gasteiger partial charge in [0.2, 0.25) is 0 Å². The number of aryl methyl sites for hydroxylation is 1. The number of rotatable bonds is 7. The van der Waals surface area contributed by atoms with Gasteiger partial charge in [0.15, 0.2) is 11.6 Å². The van der Waals surface area contributed by atoms with Crippen LogP contribution < -0.4 is 4.74 Å². The van der Waals surface area contributed by atoms with Gasteiger partial charge in [-0.3, -0.25) is 0 Å². The smallest absolute Gasteiger partial charge is 0.183 e. The van der Waals surface area contributed by atoms with Gasteiger partial charge in [-0.15, -0.1) is 0 Å². The number of benzene rings is 1. The van der Waals surface area contributed by atoms with Crippen LogP contribution in [0.15, 0.2) is 12.1 Å². The first-order valence-electron chi connectivity index (χ1n) is 6.61. The first-order valence-corrected chi connectivity index (χ1v) is 6.98. The van der Waals surface area contributed by atoms with Crippen molar-refractivity contribution in [2.75, 3.05) is 7.11 Å². The molecule has 0 heterocycles. The van der Waals surface area contributed by atoms with Crippen LogP contribution >= 0.6 is 11.6 Å². The molecule has 0 aliphatic carbocycles. The van der Waals surface area contributed by atoms with Crippen molar-refractivity contribution in [3.8, 4) is 5.75 Å². The highest BCUT2D eigenvalue weighted by atomic mass is 35.5. The van der Waals surface area contributed by atoms with E-state index in [4.69, 9.17) is 16.3 Å². The predicted molar refractivity (Wildman–Crippen MR) is 75.0 cm³/mol. The van der Waals surface area contributed by atoms with Crippen molar-refractivity contribution in [2.45, 2.75) is 46.0 Å². The van der Waals surface area contributed by atoms with Crippen LogP contribution in [0.1, 0.15) is 45.1 Å². The van der Waals surface area contributed by atoms with Crippen LogP contribution in [-0.4, -0.2) is 7.11 Å². The molecule has 1 nitrogen and oxygen atoms in total. The third kappa shape index (κ3) is 4.16. The van der Waals surface area contributed by atoms with Crippen LogP contribution in [0, 0.1) is 11.7 Å². The van der Waals surface area contributed by atoms with E-state index >= 15 is 0 Å². The standard InChI is InChI=1S/C15H22ClFO/c1-4-6-11(2)7-5-8-12-9-10-13(18-3)15(17)14(12)16/h9-11H,4-8H2,1-3H3. The zero-order valence-electron chi connectivity index (χ0n) is 11.4. The lowest BCUT2D eigenvalue weighted by atomic mass is 9.97. The van der Waals surface area contributed by atoms with Crippen molar-refractivity contribution < 1.29 is 9.13 Å². The van der Waals surface area contributed by atoms with Crippen molar-refractivity contribution >= 4 is 11.6 Å². The Kier molecular flexibility index (Phi) is 6.48. The van der Waals surface area contributed by atoms with E-state index in [-0.39, 0.29) is 10.8 Å². The zero-order valence-corrected chi connectivity index (χ0v) is 12.2. The number of ether oxygens (including phenoxy) is 1. The second-order valence-corrected chi connectivity index (χ2v) is 5.22. The summed E-state index contributed by atoms with van der Waals surface area (Å²) >= 11 is 6.00. The fourth-order valence-corrected chi connectivity index (χ4v) is 2.45. The van der Waals surface area contributed by atoms with Crippen LogP contribution in [-0.2, 0) is 6.42 Å². The van der Waals surface area contributed by atoms with E-state index in [1.165, 1.54) is 20.0 Å². The minimum atomic E-state index is -0.446. The topological polar surface area (TPSA) is 9.23 Å². The summed E-state index contributed by atoms with van der Waals surface area (Å²) in [7, 11) is 1.45. The molecule has 0 bridgehead atoms. The van der Waals surface area contributed by atoms with Gasteiger partial charge in [0.25, 0.3) is 0 Å². The molecule has 18 heavy (non-hydrogen) atoms. The van der Waals surface area contributed by atoms with Crippen molar-refractivity contribution in [1.82, 2.24) is 0 Å². The number of methoxy groups -OCH3 is 1. The largest absolute Gasteiger partial charge is 0.494 e. The molecule has 0 saturated carbocycles. The predicted octanol–water partition coefficient (Wildman–Crippen LogP) is 5.25. The van der Waals surface area contributed by atoms with Gasteiger partial charge in [-0.2, -0.15) is 0 Å². The molecule has 1 rings (SSSR count). The Bertz CT molecular complexity index is 379. The van der Waals surface area contributed by atoms with Crippen LogP contribution in [0.3, 0.4) is 0 Å². The summed E-state index contributed by atoms with van der Waals surface area (Å²) in [5.74, 6) is 0.498. The SMILES string of the molecule is CCCC(C)CCCc1ccc(OC)c(F)c1Cl. The molecule has 1 atom stereocenters. The number of hydrogen-bond donors (Lipinski definition) is 0. The van der Waals surface area contributed by atoms with Gasteiger partial charge >= 0.3 is 0 Å². The van der Waals surface area contributed by atoms with Gasteiger partial charge < -0.3 is 4.74 Å². The molecule has 1 aromatic carbocycles. The van der Waals surface area contributed by atoms with E-state index in [9.17, 15) is 4.39 Å². The molecule has 102 valence electrons. The molecule has 3 heteroatoms. The highest BCUT2D eigenvalue weighted by Gasteiger charge is 2.12. The fraction of sp³-hybridized carbons (Fsp3) is 0.600. The summed E-state index contributed by atoms with van der Waals surface area (Å²) in [5.41, 5.74) is 0.874. The molecule has 0 radical (unpaired) electrons. The van der Waals surface area contributed by atoms with Gasteiger partial charge in [0.1, 0.15) is 0 Å². The summed E-state index contributed by atoms with van der Waals surface area (Å²) in [6.45, 7) is 4.46. The Labute approximate surface area is 114 Å². The molecule has 1 aromatic rings. The molecule has 0 saturated heterocycles. The Balaban J connectivity index is 2.55. The summed E-state index contributed by atoms with van der Waals surface area (Å²) in [5, 5.41) is 0.206. The Morgan fingerprint density at radius 2 is 2.06 bits per heavy atom. The lowest BCUT2D eigenvalue weighted by Gasteiger charge is -2.11. The summed E-state index contributed by atoms with van der Waals surface area (Å²) in [6, 6.07) is 3.50. The Morgan fingerprint density at radius 1 is 1.33 bits per heavy atom. The quantitative estimate of drug-likeness (QED) is 0.659. The number of halogens is 2. The summed E-state index contributed by atoms with van der Waals surface area (Å²) in [4.78, 5) is 0. The lowest BCUT2D eigenvalue weighted by Crippen LogP contribution is -1.98. The van der Waals surface area contributed by atoms with Gasteiger partial charge in [-0.25, -0.2) is 4.39 Å². The summed E-state index contributed by atoms with van der Waals surface area (Å²) < 4.78 is 18.6. The number of hydrogen-bond acceptors (Lipinski definition) is 1. The second-order valence-electron chi connectivity index (χ2n) is 4.84. The molecule has 0 spiro atoms. The van der Waals surface area contributed by atoms with Gasteiger partial charge in [-0.05, 0) is 30.4 Å². The second kappa shape index (κ2) is 7.63. The maximum Gasteiger partial charge on any atom is 0.183 e. The maximum absolute atomic E-state index is 13.7. The molecule has 0 N–H and O–H groups in total. The van der Waals surface area contributed by atoms with E-state index in [1.54, 1.807) is 6.07 Å². The summed E-state index contributed by atoms with van der Waals surface area (Å²) in [6.07, 6.45) is 5.52. The Morgan fingerprint density at radius 3 is 2.67 bits per heavy atom. The van der Waals surface area contributed by atoms with Crippen molar-refractivity contribution in [1.29, 1.82) is 0 Å². The molecule has 0 aliphatic rings. The lowest BCUT2D eigenvalue weighted by molar-refractivity contribution is 0.386. The highest BCUT2D eigenvalue weighted by Crippen LogP contribution is 2.29. The third-order valence-corrected chi connectivity index (χ3v) is 3.68. The molecule has 0 aromatic heterocycles. The van der Waals surface area contributed by atoms with Crippen molar-refractivity contribution in [2.24, 2.45) is 5.92 Å². The van der Waals surface area contributed by atoms with Crippen LogP contribution in [0.2, 0.25) is 5.02 Å². The van der Waals surface area contributed by atoms with Gasteiger partial charge in [0, 0.05) is 0 Å². The molecular formula is C15H22ClFO. The average molecular weight is 273 g/mol. The normalized spacial score (nSPS) is 12.5. The molecule has 0 fully saturated rings. The molecule has 0 amide bonds. The monoisotopic (exact) mass is 272 g/mol. The minimum Gasteiger partial charge on any atom is -0.494 e. The highest BCUT2D eigenvalue weighted by molar-refractivity contribution is 6.31. The zero-order chi connectivity index (χ0) is 13.5. The van der Waals surface area contributed by atoms with Crippen LogP contribution in [0.4, 0.5) is 4.39 Å². The fourth-order valence-electron chi connectivity index (χ4n) is 2.20. The first-order chi connectivity index (χ1) is 8.60. The van der Waals surface area contributed by atoms with Crippen LogP contribution in [0.5, 0.6) is 5.75 Å². The molecular weight excluding hydrogens is 251 g/mol. The van der Waals surface area contributed by atoms with Crippen molar-refractivity contribution in [3.05, 3.63) is 28.5 Å². The molecule has 1 unspecified atom stereocenters. The van der Waals surface area contributed by atoms with Gasteiger partial charge in [-0.1, -0.05) is 50.8 Å². The Hall–Kier alpha value is -0.760. The third-order valence-electron chi connectivity index (χ3n) is 3.27. The first kappa shape index (κ1) is 15.3. The van der Waals surface area contributed by atoms with E-state index in [1.807, 2.05) is 6.07 Å². The van der Waals surface area contributed by atoms with E-state index in [2.05, 4.69) is 13.8 Å². The average Bonchev–Trinajstić information content (AvgIpc) is 2.35. The van der Waals surface area contributed by atoms with Gasteiger partial charge in [0.05, 0.1) is 12.1 Å². The van der Waals surface area contributed by atoms with E-state index in [0.717, 1.165) is 30.7 Å². The van der Waals surface area contributed by atoms with E-state index < -0.39 is 5.82 Å².